The van der Waals surface area contributed by atoms with Crippen molar-refractivity contribution in [2.45, 2.75) is 19.1 Å². The number of hydrogen-bond acceptors (Lipinski definition) is 8. The molecule has 0 unspecified atom stereocenters. The highest BCUT2D eigenvalue weighted by atomic mass is 16.5. The van der Waals surface area contributed by atoms with Crippen LogP contribution >= 0.6 is 0 Å². The van der Waals surface area contributed by atoms with Gasteiger partial charge in [-0.3, -0.25) is 0 Å². The molecule has 0 atom stereocenters. The third kappa shape index (κ3) is 8.15. The smallest absolute Gasteiger partial charge is 0.336 e. The van der Waals surface area contributed by atoms with Crippen molar-refractivity contribution in [3.8, 4) is 28.7 Å². The number of aryl methyl sites for hydroxylation is 1. The highest BCUT2D eigenvalue weighted by molar-refractivity contribution is 5.81. The van der Waals surface area contributed by atoms with E-state index in [1.54, 1.807) is 34.5 Å². The van der Waals surface area contributed by atoms with Crippen LogP contribution < -0.4 is 29.3 Å². The molecule has 246 valence electrons. The number of fused-ring (bicyclic) bond motifs is 1. The van der Waals surface area contributed by atoms with Gasteiger partial charge in [0, 0.05) is 17.5 Å². The highest BCUT2D eigenvalue weighted by Gasteiger charge is 2.18. The SMILES string of the molecule is COc1ccc(C(O)c2ccc(OC)cc2)cc1.COc1ccc(C(Oc2ccc3c(C)cc(=O)oc3c2)c2ccc(OC)cc2)cc1. The van der Waals surface area contributed by atoms with E-state index in [9.17, 15) is 9.90 Å². The second-order valence-electron chi connectivity index (χ2n) is 10.9. The Labute approximate surface area is 279 Å². The second-order valence-corrected chi connectivity index (χ2v) is 10.9. The Morgan fingerprint density at radius 3 is 1.29 bits per heavy atom. The molecule has 0 saturated carbocycles. The van der Waals surface area contributed by atoms with E-state index in [2.05, 4.69) is 0 Å². The number of aliphatic hydroxyl groups excluding tert-OH is 1. The number of rotatable bonds is 10. The Kier molecular flexibility index (Phi) is 11.0. The molecule has 0 radical (unpaired) electrons. The van der Waals surface area contributed by atoms with Crippen LogP contribution in [0.5, 0.6) is 28.7 Å². The first kappa shape index (κ1) is 33.6. The first-order valence-corrected chi connectivity index (χ1v) is 15.3. The van der Waals surface area contributed by atoms with E-state index in [4.69, 9.17) is 28.1 Å². The zero-order valence-electron chi connectivity index (χ0n) is 27.5. The third-order valence-electron chi connectivity index (χ3n) is 7.88. The summed E-state index contributed by atoms with van der Waals surface area (Å²) in [6, 6.07) is 37.3. The Bertz CT molecular complexity index is 1870. The quantitative estimate of drug-likeness (QED) is 0.149. The molecule has 48 heavy (non-hydrogen) atoms. The van der Waals surface area contributed by atoms with Gasteiger partial charge in [-0.25, -0.2) is 4.79 Å². The first-order valence-electron chi connectivity index (χ1n) is 15.3. The maximum absolute atomic E-state index is 11.8. The lowest BCUT2D eigenvalue weighted by molar-refractivity contribution is 0.220. The van der Waals surface area contributed by atoms with Gasteiger partial charge in [0.25, 0.3) is 0 Å². The van der Waals surface area contributed by atoms with Crippen LogP contribution in [-0.4, -0.2) is 33.5 Å². The lowest BCUT2D eigenvalue weighted by Gasteiger charge is -2.21. The van der Waals surface area contributed by atoms with E-state index in [1.807, 2.05) is 116 Å². The van der Waals surface area contributed by atoms with Crippen LogP contribution in [0, 0.1) is 6.92 Å². The fraction of sp³-hybridized carbons (Fsp3) is 0.175. The van der Waals surface area contributed by atoms with E-state index in [0.717, 1.165) is 56.2 Å². The molecule has 0 fully saturated rings. The Morgan fingerprint density at radius 2 is 0.896 bits per heavy atom. The summed E-state index contributed by atoms with van der Waals surface area (Å²) in [4.78, 5) is 11.8. The third-order valence-corrected chi connectivity index (χ3v) is 7.88. The van der Waals surface area contributed by atoms with Gasteiger partial charge in [-0.1, -0.05) is 48.5 Å². The molecule has 0 saturated heterocycles. The van der Waals surface area contributed by atoms with E-state index >= 15 is 0 Å². The summed E-state index contributed by atoms with van der Waals surface area (Å²) in [7, 11) is 6.51. The van der Waals surface area contributed by atoms with Crippen LogP contribution in [0.4, 0.5) is 0 Å². The zero-order chi connectivity index (χ0) is 34.0. The topological polar surface area (TPSA) is 96.6 Å². The molecule has 0 aliphatic rings. The molecule has 1 heterocycles. The number of ether oxygens (including phenoxy) is 5. The van der Waals surface area contributed by atoms with E-state index in [0.29, 0.717) is 11.3 Å². The number of hydrogen-bond donors (Lipinski definition) is 1. The van der Waals surface area contributed by atoms with Crippen LogP contribution in [0.15, 0.2) is 131 Å². The molecule has 1 N–H and O–H groups in total. The van der Waals surface area contributed by atoms with E-state index in [1.165, 1.54) is 6.07 Å². The van der Waals surface area contributed by atoms with Gasteiger partial charge in [-0.2, -0.15) is 0 Å². The van der Waals surface area contributed by atoms with Crippen molar-refractivity contribution < 1.29 is 33.2 Å². The van der Waals surface area contributed by atoms with Gasteiger partial charge in [-0.05, 0) is 95.4 Å². The summed E-state index contributed by atoms with van der Waals surface area (Å²) in [6.45, 7) is 1.89. The Balaban J connectivity index is 0.000000214. The summed E-state index contributed by atoms with van der Waals surface area (Å²) >= 11 is 0. The molecule has 1 aromatic heterocycles. The van der Waals surface area contributed by atoms with E-state index < -0.39 is 6.10 Å². The molecule has 6 rings (SSSR count). The maximum atomic E-state index is 11.8. The van der Waals surface area contributed by atoms with Crippen molar-refractivity contribution in [2.24, 2.45) is 0 Å². The van der Waals surface area contributed by atoms with Crippen molar-refractivity contribution in [3.63, 3.8) is 0 Å². The summed E-state index contributed by atoms with van der Waals surface area (Å²) in [5.74, 6) is 3.71. The first-order chi connectivity index (χ1) is 23.3. The summed E-state index contributed by atoms with van der Waals surface area (Å²) in [5, 5.41) is 11.1. The average Bonchev–Trinajstić information content (AvgIpc) is 3.14. The molecular formula is C40H38O8. The predicted octanol–water partition coefficient (Wildman–Crippen LogP) is 8.07. The molecule has 0 aliphatic heterocycles. The Morgan fingerprint density at radius 1 is 0.521 bits per heavy atom. The number of methoxy groups -OCH3 is 4. The highest BCUT2D eigenvalue weighted by Crippen LogP contribution is 2.32. The van der Waals surface area contributed by atoms with Crippen LogP contribution in [-0.2, 0) is 0 Å². The van der Waals surface area contributed by atoms with Crippen LogP contribution in [0.1, 0.15) is 40.0 Å². The molecule has 8 nitrogen and oxygen atoms in total. The fourth-order valence-electron chi connectivity index (χ4n) is 5.17. The molecule has 0 bridgehead atoms. The largest absolute Gasteiger partial charge is 0.497 e. The lowest BCUT2D eigenvalue weighted by atomic mass is 10.0. The number of benzene rings is 5. The monoisotopic (exact) mass is 646 g/mol. The Hall–Kier alpha value is -5.73. The van der Waals surface area contributed by atoms with Gasteiger partial charge in [0.05, 0.1) is 28.4 Å². The van der Waals surface area contributed by atoms with Crippen LogP contribution in [0.25, 0.3) is 11.0 Å². The second kappa shape index (κ2) is 15.7. The number of aliphatic hydroxyl groups is 1. The van der Waals surface area contributed by atoms with Gasteiger partial charge >= 0.3 is 5.63 Å². The minimum Gasteiger partial charge on any atom is -0.497 e. The van der Waals surface area contributed by atoms with Gasteiger partial charge in [0.15, 0.2) is 0 Å². The van der Waals surface area contributed by atoms with Crippen molar-refractivity contribution in [1.29, 1.82) is 0 Å². The van der Waals surface area contributed by atoms with Gasteiger partial charge < -0.3 is 33.2 Å². The molecule has 5 aromatic carbocycles. The zero-order valence-corrected chi connectivity index (χ0v) is 27.5. The van der Waals surface area contributed by atoms with Crippen molar-refractivity contribution in [2.75, 3.05) is 28.4 Å². The standard InChI is InChI=1S/C25H22O5.C15H16O3/c1-16-14-24(26)30-23-15-21(12-13-22(16)23)29-25(17-4-8-19(27-2)9-5-17)18-6-10-20(28-3)11-7-18;1-17-13-7-3-11(4-8-13)15(16)12-5-9-14(18-2)10-6-12/h4-15,25H,1-3H3;3-10,15-16H,1-2H3. The van der Waals surface area contributed by atoms with Crippen LogP contribution in [0.3, 0.4) is 0 Å². The van der Waals surface area contributed by atoms with Crippen molar-refractivity contribution in [3.05, 3.63) is 160 Å². The van der Waals surface area contributed by atoms with Crippen LogP contribution in [0.2, 0.25) is 0 Å². The normalized spacial score (nSPS) is 10.8. The molecule has 0 aliphatic carbocycles. The van der Waals surface area contributed by atoms with Crippen molar-refractivity contribution in [1.82, 2.24) is 0 Å². The minimum absolute atomic E-state index is 0.365. The molecule has 6 aromatic rings. The van der Waals surface area contributed by atoms with Gasteiger partial charge in [0.2, 0.25) is 0 Å². The maximum Gasteiger partial charge on any atom is 0.336 e. The summed E-state index contributed by atoms with van der Waals surface area (Å²) in [5.41, 5.74) is 4.59. The van der Waals surface area contributed by atoms with Crippen molar-refractivity contribution >= 4 is 11.0 Å². The summed E-state index contributed by atoms with van der Waals surface area (Å²) < 4.78 is 32.5. The predicted molar refractivity (Wildman–Crippen MR) is 186 cm³/mol. The van der Waals surface area contributed by atoms with Gasteiger partial charge in [0.1, 0.15) is 46.5 Å². The summed E-state index contributed by atoms with van der Waals surface area (Å²) in [6.07, 6.45) is -1.00. The average molecular weight is 647 g/mol. The van der Waals surface area contributed by atoms with E-state index in [-0.39, 0.29) is 11.7 Å². The molecule has 8 heteroatoms. The van der Waals surface area contributed by atoms with Gasteiger partial charge in [-0.15, -0.1) is 0 Å². The molecule has 0 amide bonds. The lowest BCUT2D eigenvalue weighted by Crippen LogP contribution is -2.09. The fourth-order valence-corrected chi connectivity index (χ4v) is 5.17. The molecule has 0 spiro atoms. The minimum atomic E-state index is -0.637. The molecular weight excluding hydrogens is 608 g/mol.